The van der Waals surface area contributed by atoms with E-state index in [-0.39, 0.29) is 45.6 Å². The number of fused-ring (bicyclic) bond motifs is 2. The van der Waals surface area contributed by atoms with E-state index in [0.717, 1.165) is 6.07 Å². The summed E-state index contributed by atoms with van der Waals surface area (Å²) in [6, 6.07) is 17.9. The SMILES string of the molecule is O=C(CC(c1coc2ccccc2c1=O)c1c(O)cc(O)c2c(=O)cc(-c3ccccc3)oc12)N1CCOCC1. The van der Waals surface area contributed by atoms with E-state index < -0.39 is 22.8 Å². The van der Waals surface area contributed by atoms with Crippen LogP contribution in [0.5, 0.6) is 11.5 Å². The van der Waals surface area contributed by atoms with Crippen LogP contribution in [0, 0.1) is 0 Å². The van der Waals surface area contributed by atoms with Gasteiger partial charge in [0, 0.05) is 54.3 Å². The van der Waals surface area contributed by atoms with Crippen LogP contribution in [0.15, 0.2) is 91.4 Å². The summed E-state index contributed by atoms with van der Waals surface area (Å²) in [5, 5.41) is 22.0. The molecule has 1 aliphatic heterocycles. The molecule has 1 amide bonds. The third-order valence-corrected chi connectivity index (χ3v) is 7.23. The van der Waals surface area contributed by atoms with E-state index in [1.54, 1.807) is 53.4 Å². The molecule has 2 aromatic heterocycles. The Balaban J connectivity index is 1.61. The monoisotopic (exact) mass is 539 g/mol. The lowest BCUT2D eigenvalue weighted by Crippen LogP contribution is -2.41. The Morgan fingerprint density at radius 3 is 2.42 bits per heavy atom. The fraction of sp³-hybridized carbons (Fsp3) is 0.194. The Hall–Kier alpha value is -4.89. The average Bonchev–Trinajstić information content (AvgIpc) is 2.97. The van der Waals surface area contributed by atoms with E-state index in [1.165, 1.54) is 12.3 Å². The van der Waals surface area contributed by atoms with Gasteiger partial charge in [0.25, 0.3) is 0 Å². The highest BCUT2D eigenvalue weighted by Gasteiger charge is 2.32. The quantitative estimate of drug-likeness (QED) is 0.337. The summed E-state index contributed by atoms with van der Waals surface area (Å²) in [5.41, 5.74) is 0.0681. The molecule has 0 bridgehead atoms. The molecule has 3 aromatic carbocycles. The molecule has 2 N–H and O–H groups in total. The highest BCUT2D eigenvalue weighted by Crippen LogP contribution is 2.42. The summed E-state index contributed by atoms with van der Waals surface area (Å²) in [6.07, 6.45) is 1.05. The van der Waals surface area contributed by atoms with Crippen molar-refractivity contribution in [3.05, 3.63) is 105 Å². The molecule has 0 radical (unpaired) electrons. The van der Waals surface area contributed by atoms with Gasteiger partial charge in [0.05, 0.1) is 24.9 Å². The van der Waals surface area contributed by atoms with E-state index in [9.17, 15) is 24.6 Å². The van der Waals surface area contributed by atoms with Crippen LogP contribution in [0.25, 0.3) is 33.3 Å². The molecular weight excluding hydrogens is 514 g/mol. The summed E-state index contributed by atoms with van der Waals surface area (Å²) in [5.74, 6) is -2.04. The number of amides is 1. The summed E-state index contributed by atoms with van der Waals surface area (Å²) in [4.78, 5) is 42.1. The zero-order valence-corrected chi connectivity index (χ0v) is 21.3. The van der Waals surface area contributed by atoms with E-state index in [1.807, 2.05) is 6.07 Å². The molecule has 1 aliphatic rings. The predicted octanol–water partition coefficient (Wildman–Crippen LogP) is 4.36. The number of ether oxygens (including phenoxy) is 1. The highest BCUT2D eigenvalue weighted by atomic mass is 16.5. The molecule has 0 spiro atoms. The van der Waals surface area contributed by atoms with Gasteiger partial charge in [0.15, 0.2) is 10.9 Å². The maximum atomic E-state index is 13.7. The third-order valence-electron chi connectivity index (χ3n) is 7.23. The van der Waals surface area contributed by atoms with Gasteiger partial charge in [0.2, 0.25) is 5.91 Å². The van der Waals surface area contributed by atoms with Gasteiger partial charge in [-0.25, -0.2) is 0 Å². The van der Waals surface area contributed by atoms with Crippen LogP contribution >= 0.6 is 0 Å². The summed E-state index contributed by atoms with van der Waals surface area (Å²) >= 11 is 0. The van der Waals surface area contributed by atoms with Gasteiger partial charge in [-0.15, -0.1) is 0 Å². The maximum Gasteiger partial charge on any atom is 0.223 e. The number of phenolic OH excluding ortho intramolecular Hbond substituents is 2. The van der Waals surface area contributed by atoms with Crippen molar-refractivity contribution in [2.75, 3.05) is 26.3 Å². The fourth-order valence-corrected chi connectivity index (χ4v) is 5.22. The molecule has 202 valence electrons. The molecule has 1 atom stereocenters. The van der Waals surface area contributed by atoms with Gasteiger partial charge in [-0.1, -0.05) is 42.5 Å². The first kappa shape index (κ1) is 25.4. The van der Waals surface area contributed by atoms with E-state index in [0.29, 0.717) is 42.8 Å². The lowest BCUT2D eigenvalue weighted by atomic mass is 9.86. The Labute approximate surface area is 227 Å². The third kappa shape index (κ3) is 4.50. The molecule has 40 heavy (non-hydrogen) atoms. The second-order valence-electron chi connectivity index (χ2n) is 9.64. The highest BCUT2D eigenvalue weighted by molar-refractivity contribution is 5.91. The first-order chi connectivity index (χ1) is 19.4. The number of para-hydroxylation sites is 1. The molecule has 5 aromatic rings. The van der Waals surface area contributed by atoms with Gasteiger partial charge in [-0.2, -0.15) is 0 Å². The van der Waals surface area contributed by atoms with Crippen molar-refractivity contribution in [3.8, 4) is 22.8 Å². The molecular formula is C31H25NO8. The largest absolute Gasteiger partial charge is 0.507 e. The number of phenols is 2. The first-order valence-corrected chi connectivity index (χ1v) is 12.9. The number of carbonyl (C=O) groups excluding carboxylic acids is 1. The van der Waals surface area contributed by atoms with Gasteiger partial charge >= 0.3 is 0 Å². The van der Waals surface area contributed by atoms with Gasteiger partial charge in [-0.3, -0.25) is 14.4 Å². The molecule has 0 aliphatic carbocycles. The van der Waals surface area contributed by atoms with Crippen molar-refractivity contribution >= 4 is 27.8 Å². The lowest BCUT2D eigenvalue weighted by Gasteiger charge is -2.29. The Bertz CT molecular complexity index is 1850. The van der Waals surface area contributed by atoms with Gasteiger partial charge in [0.1, 0.15) is 33.8 Å². The molecule has 1 unspecified atom stereocenters. The zero-order valence-electron chi connectivity index (χ0n) is 21.3. The topological polar surface area (TPSA) is 130 Å². The van der Waals surface area contributed by atoms with E-state index in [4.69, 9.17) is 13.6 Å². The zero-order chi connectivity index (χ0) is 27.8. The Morgan fingerprint density at radius 2 is 1.65 bits per heavy atom. The molecule has 0 saturated carbocycles. The van der Waals surface area contributed by atoms with Crippen molar-refractivity contribution in [1.29, 1.82) is 0 Å². The number of nitrogens with zero attached hydrogens (tertiary/aromatic N) is 1. The Morgan fingerprint density at radius 1 is 0.925 bits per heavy atom. The number of benzene rings is 3. The van der Waals surface area contributed by atoms with E-state index in [2.05, 4.69) is 0 Å². The molecule has 1 fully saturated rings. The van der Waals surface area contributed by atoms with Crippen molar-refractivity contribution in [2.45, 2.75) is 12.3 Å². The van der Waals surface area contributed by atoms with Crippen molar-refractivity contribution in [3.63, 3.8) is 0 Å². The maximum absolute atomic E-state index is 13.7. The predicted molar refractivity (Wildman–Crippen MR) is 148 cm³/mol. The van der Waals surface area contributed by atoms with Crippen LogP contribution in [0.4, 0.5) is 0 Å². The fourth-order valence-electron chi connectivity index (χ4n) is 5.22. The normalized spacial score (nSPS) is 14.4. The minimum absolute atomic E-state index is 0.0341. The van der Waals surface area contributed by atoms with Crippen molar-refractivity contribution < 1.29 is 28.6 Å². The first-order valence-electron chi connectivity index (χ1n) is 12.9. The number of morpholine rings is 1. The van der Waals surface area contributed by atoms with Crippen molar-refractivity contribution in [2.24, 2.45) is 0 Å². The van der Waals surface area contributed by atoms with Crippen LogP contribution in [-0.2, 0) is 9.53 Å². The second kappa shape index (κ2) is 10.3. The Kier molecular flexibility index (Phi) is 6.57. The summed E-state index contributed by atoms with van der Waals surface area (Å²) in [6.45, 7) is 1.54. The van der Waals surface area contributed by atoms with Crippen LogP contribution < -0.4 is 10.9 Å². The van der Waals surface area contributed by atoms with Crippen LogP contribution in [0.2, 0.25) is 0 Å². The number of rotatable bonds is 5. The number of carbonyl (C=O) groups is 1. The van der Waals surface area contributed by atoms with Crippen LogP contribution in [-0.4, -0.2) is 47.3 Å². The lowest BCUT2D eigenvalue weighted by molar-refractivity contribution is -0.135. The minimum atomic E-state index is -1.06. The number of hydrogen-bond acceptors (Lipinski definition) is 8. The summed E-state index contributed by atoms with van der Waals surface area (Å²) in [7, 11) is 0. The van der Waals surface area contributed by atoms with E-state index >= 15 is 0 Å². The molecule has 9 nitrogen and oxygen atoms in total. The number of aromatic hydroxyl groups is 2. The van der Waals surface area contributed by atoms with Crippen LogP contribution in [0.1, 0.15) is 23.5 Å². The molecule has 6 rings (SSSR count). The molecule has 1 saturated heterocycles. The molecule has 3 heterocycles. The number of hydrogen-bond donors (Lipinski definition) is 2. The van der Waals surface area contributed by atoms with Crippen molar-refractivity contribution in [1.82, 2.24) is 4.90 Å². The van der Waals surface area contributed by atoms with Gasteiger partial charge in [-0.05, 0) is 12.1 Å². The standard InChI is InChI=1S/C31H25NO8/c33-22-15-23(34)29-24(35)16-26(18-6-2-1-3-7-18)40-31(29)28(22)20(14-27(36)32-10-12-38-13-11-32)21-17-39-25-9-5-4-8-19(25)30(21)37/h1-9,15-17,20,33-34H,10-14H2. The average molecular weight is 540 g/mol. The second-order valence-corrected chi connectivity index (χ2v) is 9.64. The molecule has 9 heteroatoms. The van der Waals surface area contributed by atoms with Crippen LogP contribution in [0.3, 0.4) is 0 Å². The van der Waals surface area contributed by atoms with Gasteiger partial charge < -0.3 is 28.7 Å². The smallest absolute Gasteiger partial charge is 0.223 e. The summed E-state index contributed by atoms with van der Waals surface area (Å²) < 4.78 is 17.3. The minimum Gasteiger partial charge on any atom is -0.507 e.